The van der Waals surface area contributed by atoms with E-state index < -0.39 is 15.4 Å². The quantitative estimate of drug-likeness (QED) is 0.666. The summed E-state index contributed by atoms with van der Waals surface area (Å²) in [6, 6.07) is 0. The van der Waals surface area contributed by atoms with Crippen LogP contribution < -0.4 is 0 Å². The van der Waals surface area contributed by atoms with Crippen molar-refractivity contribution in [1.29, 1.82) is 0 Å². The van der Waals surface area contributed by atoms with Crippen LogP contribution in [0.25, 0.3) is 0 Å². The molecule has 1 fully saturated rings. The summed E-state index contributed by atoms with van der Waals surface area (Å²) in [5, 5.41) is 9.34. The van der Waals surface area contributed by atoms with E-state index in [9.17, 15) is 13.5 Å². The van der Waals surface area contributed by atoms with E-state index in [0.717, 1.165) is 0 Å². The zero-order valence-corrected chi connectivity index (χ0v) is 8.39. The monoisotopic (exact) mass is 192 g/mol. The van der Waals surface area contributed by atoms with Crippen LogP contribution in [-0.2, 0) is 9.84 Å². The van der Waals surface area contributed by atoms with Crippen LogP contribution in [0.15, 0.2) is 0 Å². The Morgan fingerprint density at radius 2 is 1.75 bits per heavy atom. The van der Waals surface area contributed by atoms with Gasteiger partial charge in [-0.3, -0.25) is 0 Å². The van der Waals surface area contributed by atoms with E-state index in [-0.39, 0.29) is 5.25 Å². The molecule has 3 nitrogen and oxygen atoms in total. The molecule has 0 aromatic heterocycles. The van der Waals surface area contributed by atoms with Crippen molar-refractivity contribution in [2.45, 2.75) is 43.5 Å². The maximum atomic E-state index is 11.1. The van der Waals surface area contributed by atoms with Gasteiger partial charge in [0, 0.05) is 6.26 Å². The predicted molar refractivity (Wildman–Crippen MR) is 47.7 cm³/mol. The lowest BCUT2D eigenvalue weighted by atomic mass is 9.86. The van der Waals surface area contributed by atoms with Crippen molar-refractivity contribution in [2.75, 3.05) is 6.26 Å². The molecule has 0 saturated heterocycles. The van der Waals surface area contributed by atoms with Crippen molar-refractivity contribution in [3.8, 4) is 0 Å². The number of sulfone groups is 1. The van der Waals surface area contributed by atoms with Gasteiger partial charge in [-0.2, -0.15) is 0 Å². The number of hydrogen-bond acceptors (Lipinski definition) is 3. The molecule has 4 heteroatoms. The Bertz CT molecular complexity index is 243. The van der Waals surface area contributed by atoms with Crippen molar-refractivity contribution < 1.29 is 13.5 Å². The zero-order chi connectivity index (χ0) is 9.41. The summed E-state index contributed by atoms with van der Waals surface area (Å²) < 4.78 is 22.2. The lowest BCUT2D eigenvalue weighted by molar-refractivity contribution is 0.0235. The molecule has 0 unspecified atom stereocenters. The molecule has 1 aliphatic rings. The minimum absolute atomic E-state index is 0.224. The van der Waals surface area contributed by atoms with Gasteiger partial charge in [-0.1, -0.05) is 0 Å². The van der Waals surface area contributed by atoms with Gasteiger partial charge < -0.3 is 5.11 Å². The minimum atomic E-state index is -2.89. The predicted octanol–water partition coefficient (Wildman–Crippen LogP) is 0.725. The van der Waals surface area contributed by atoms with Gasteiger partial charge in [-0.15, -0.1) is 0 Å². The first-order valence-corrected chi connectivity index (χ1v) is 6.18. The summed E-state index contributed by atoms with van der Waals surface area (Å²) in [4.78, 5) is 0. The van der Waals surface area contributed by atoms with Crippen molar-refractivity contribution >= 4 is 9.84 Å². The molecule has 0 bridgehead atoms. The Kier molecular flexibility index (Phi) is 2.50. The van der Waals surface area contributed by atoms with Crippen molar-refractivity contribution in [3.05, 3.63) is 0 Å². The third kappa shape index (κ3) is 2.45. The molecule has 0 aliphatic heterocycles. The highest BCUT2D eigenvalue weighted by Crippen LogP contribution is 2.30. The Balaban J connectivity index is 2.59. The van der Waals surface area contributed by atoms with Crippen LogP contribution in [0.1, 0.15) is 32.6 Å². The first kappa shape index (κ1) is 9.99. The van der Waals surface area contributed by atoms with Gasteiger partial charge in [0.25, 0.3) is 0 Å². The van der Waals surface area contributed by atoms with Gasteiger partial charge in [0.1, 0.15) is 9.84 Å². The Hall–Kier alpha value is -0.0900. The van der Waals surface area contributed by atoms with E-state index in [0.29, 0.717) is 25.7 Å². The van der Waals surface area contributed by atoms with E-state index in [1.807, 2.05) is 0 Å². The summed E-state index contributed by atoms with van der Waals surface area (Å²) in [7, 11) is -2.89. The molecule has 72 valence electrons. The number of hydrogen-bond donors (Lipinski definition) is 1. The first-order valence-electron chi connectivity index (χ1n) is 4.22. The second-order valence-corrected chi connectivity index (χ2v) is 6.35. The van der Waals surface area contributed by atoms with E-state index in [4.69, 9.17) is 0 Å². The van der Waals surface area contributed by atoms with Crippen molar-refractivity contribution in [2.24, 2.45) is 0 Å². The molecule has 0 aromatic carbocycles. The van der Waals surface area contributed by atoms with Crippen LogP contribution in [-0.4, -0.2) is 30.6 Å². The highest BCUT2D eigenvalue weighted by molar-refractivity contribution is 7.91. The third-order valence-corrected chi connectivity index (χ3v) is 4.30. The van der Waals surface area contributed by atoms with Crippen LogP contribution in [0.3, 0.4) is 0 Å². The van der Waals surface area contributed by atoms with Crippen LogP contribution >= 0.6 is 0 Å². The molecule has 1 saturated carbocycles. The summed E-state index contributed by atoms with van der Waals surface area (Å²) in [5.74, 6) is 0. The largest absolute Gasteiger partial charge is 0.390 e. The summed E-state index contributed by atoms with van der Waals surface area (Å²) in [5.41, 5.74) is -0.638. The molecule has 1 rings (SSSR count). The van der Waals surface area contributed by atoms with E-state index in [1.54, 1.807) is 6.92 Å². The zero-order valence-electron chi connectivity index (χ0n) is 7.58. The fourth-order valence-corrected chi connectivity index (χ4v) is 2.73. The highest BCUT2D eigenvalue weighted by atomic mass is 32.2. The molecule has 1 aliphatic carbocycles. The fourth-order valence-electron chi connectivity index (χ4n) is 1.64. The third-order valence-electron chi connectivity index (χ3n) is 2.62. The van der Waals surface area contributed by atoms with Gasteiger partial charge in [-0.25, -0.2) is 8.42 Å². The van der Waals surface area contributed by atoms with Crippen LogP contribution in [0.5, 0.6) is 0 Å². The standard InChI is InChI=1S/C8H16O3S/c1-8(9)5-3-7(4-6-8)12(2,10)11/h7,9H,3-6H2,1-2H3. The van der Waals surface area contributed by atoms with Crippen LogP contribution in [0.2, 0.25) is 0 Å². The maximum absolute atomic E-state index is 11.1. The van der Waals surface area contributed by atoms with Gasteiger partial charge in [0.15, 0.2) is 0 Å². The molecular weight excluding hydrogens is 176 g/mol. The van der Waals surface area contributed by atoms with Crippen LogP contribution in [0, 0.1) is 0 Å². The average Bonchev–Trinajstić information content (AvgIpc) is 1.83. The Labute approximate surface area is 73.7 Å². The Morgan fingerprint density at radius 1 is 1.33 bits per heavy atom. The van der Waals surface area contributed by atoms with E-state index >= 15 is 0 Å². The lowest BCUT2D eigenvalue weighted by Crippen LogP contribution is -2.35. The summed E-state index contributed by atoms with van der Waals surface area (Å²) in [6.07, 6.45) is 3.69. The smallest absolute Gasteiger partial charge is 0.150 e. The average molecular weight is 192 g/mol. The molecule has 0 spiro atoms. The highest BCUT2D eigenvalue weighted by Gasteiger charge is 2.32. The Morgan fingerprint density at radius 3 is 2.08 bits per heavy atom. The fraction of sp³-hybridized carbons (Fsp3) is 1.00. The van der Waals surface area contributed by atoms with Gasteiger partial charge in [0.2, 0.25) is 0 Å². The van der Waals surface area contributed by atoms with Crippen molar-refractivity contribution in [1.82, 2.24) is 0 Å². The molecule has 0 amide bonds. The molecule has 0 atom stereocenters. The van der Waals surface area contributed by atoms with Crippen LogP contribution in [0.4, 0.5) is 0 Å². The van der Waals surface area contributed by atoms with E-state index in [2.05, 4.69) is 0 Å². The SMILES string of the molecule is CC1(O)CCC(S(C)(=O)=O)CC1. The molecule has 12 heavy (non-hydrogen) atoms. The second kappa shape index (κ2) is 3.00. The number of rotatable bonds is 1. The first-order chi connectivity index (χ1) is 5.31. The molecule has 1 N–H and O–H groups in total. The lowest BCUT2D eigenvalue weighted by Gasteiger charge is -2.31. The topological polar surface area (TPSA) is 54.4 Å². The van der Waals surface area contributed by atoms with E-state index in [1.165, 1.54) is 6.26 Å². The molecular formula is C8H16O3S. The molecule has 0 radical (unpaired) electrons. The summed E-state index contributed by atoms with van der Waals surface area (Å²) >= 11 is 0. The normalized spacial score (nSPS) is 38.1. The maximum Gasteiger partial charge on any atom is 0.150 e. The number of aliphatic hydroxyl groups is 1. The molecule has 0 heterocycles. The summed E-state index contributed by atoms with van der Waals surface area (Å²) in [6.45, 7) is 1.77. The minimum Gasteiger partial charge on any atom is -0.390 e. The van der Waals surface area contributed by atoms with Gasteiger partial charge >= 0.3 is 0 Å². The van der Waals surface area contributed by atoms with Gasteiger partial charge in [0.05, 0.1) is 10.9 Å². The molecule has 0 aromatic rings. The second-order valence-electron chi connectivity index (χ2n) is 4.03. The van der Waals surface area contributed by atoms with Gasteiger partial charge in [-0.05, 0) is 32.6 Å². The van der Waals surface area contributed by atoms with Crippen molar-refractivity contribution in [3.63, 3.8) is 0 Å².